The van der Waals surface area contributed by atoms with E-state index in [0.717, 1.165) is 6.26 Å². The molecule has 1 rings (SSSR count). The van der Waals surface area contributed by atoms with Crippen molar-refractivity contribution < 1.29 is 8.42 Å². The monoisotopic (exact) mass is 277 g/mol. The van der Waals surface area contributed by atoms with Crippen molar-refractivity contribution in [2.45, 2.75) is 19.4 Å². The fraction of sp³-hybridized carbons (Fsp3) is 0.625. The Bertz CT molecular complexity index is 629. The van der Waals surface area contributed by atoms with Gasteiger partial charge in [0.15, 0.2) is 0 Å². The highest BCUT2D eigenvalue weighted by molar-refractivity contribution is 7.88. The largest absolute Gasteiger partial charge is 0.362 e. The molecule has 0 spiro atoms. The van der Waals surface area contributed by atoms with Crippen molar-refractivity contribution in [1.29, 1.82) is 0 Å². The van der Waals surface area contributed by atoms with E-state index in [4.69, 9.17) is 0 Å². The first-order valence-electron chi connectivity index (χ1n) is 5.01. The van der Waals surface area contributed by atoms with E-state index in [9.17, 15) is 18.0 Å². The van der Waals surface area contributed by atoms with Crippen LogP contribution in [0.4, 0.5) is 5.82 Å². The van der Waals surface area contributed by atoms with E-state index in [2.05, 4.69) is 20.2 Å². The summed E-state index contributed by atoms with van der Waals surface area (Å²) in [4.78, 5) is 24.0. The van der Waals surface area contributed by atoms with Crippen LogP contribution < -0.4 is 21.3 Å². The normalized spacial score (nSPS) is 12.4. The molecule has 0 aromatic carbocycles. The van der Waals surface area contributed by atoms with Gasteiger partial charge in [0.25, 0.3) is 5.56 Å². The molecule has 0 saturated carbocycles. The number of H-pyrrole nitrogens is 2. The molecule has 1 aromatic heterocycles. The number of hydrogen-bond donors (Lipinski definition) is 4. The minimum atomic E-state index is -3.36. The highest BCUT2D eigenvalue weighted by atomic mass is 32.2. The van der Waals surface area contributed by atoms with Crippen molar-refractivity contribution in [2.24, 2.45) is 0 Å². The molecule has 0 aliphatic carbocycles. The first-order chi connectivity index (χ1) is 8.09. The Morgan fingerprint density at radius 1 is 1.33 bits per heavy atom. The van der Waals surface area contributed by atoms with Gasteiger partial charge in [-0.1, -0.05) is 0 Å². The van der Waals surface area contributed by atoms with E-state index in [-0.39, 0.29) is 12.4 Å². The Kier molecular flexibility index (Phi) is 3.92. The van der Waals surface area contributed by atoms with Gasteiger partial charge in [-0.15, -0.1) is 5.10 Å². The molecule has 1 heterocycles. The van der Waals surface area contributed by atoms with E-state index in [1.165, 1.54) is 0 Å². The number of hydrogen-bond acceptors (Lipinski definition) is 6. The maximum absolute atomic E-state index is 11.3. The summed E-state index contributed by atoms with van der Waals surface area (Å²) in [6, 6.07) is 0. The summed E-state index contributed by atoms with van der Waals surface area (Å²) >= 11 is 0. The van der Waals surface area contributed by atoms with E-state index in [0.29, 0.717) is 0 Å². The van der Waals surface area contributed by atoms with Crippen LogP contribution in [0.25, 0.3) is 0 Å². The number of nitrogens with one attached hydrogen (secondary N) is 4. The molecule has 4 N–H and O–H groups in total. The summed E-state index contributed by atoms with van der Waals surface area (Å²) in [6.07, 6.45) is 1.04. The predicted molar refractivity (Wildman–Crippen MR) is 66.0 cm³/mol. The molecule has 0 bridgehead atoms. The molecule has 0 unspecified atom stereocenters. The van der Waals surface area contributed by atoms with Crippen LogP contribution in [0.1, 0.15) is 13.8 Å². The molecular formula is C8H15N5O4S. The molecule has 1 aromatic rings. The van der Waals surface area contributed by atoms with Gasteiger partial charge < -0.3 is 5.32 Å². The van der Waals surface area contributed by atoms with E-state index >= 15 is 0 Å². The zero-order valence-corrected chi connectivity index (χ0v) is 11.0. The van der Waals surface area contributed by atoms with Gasteiger partial charge >= 0.3 is 5.69 Å². The third-order valence-corrected chi connectivity index (χ3v) is 2.79. The van der Waals surface area contributed by atoms with Crippen LogP contribution in [0.3, 0.4) is 0 Å². The lowest BCUT2D eigenvalue weighted by molar-refractivity contribution is 0.475. The van der Waals surface area contributed by atoms with Gasteiger partial charge in [0.2, 0.25) is 15.8 Å². The lowest BCUT2D eigenvalue weighted by Crippen LogP contribution is -2.48. The lowest BCUT2D eigenvalue weighted by Gasteiger charge is -2.25. The molecule has 0 aliphatic rings. The van der Waals surface area contributed by atoms with Crippen LogP contribution in [-0.2, 0) is 10.0 Å². The number of aromatic amines is 2. The van der Waals surface area contributed by atoms with Crippen molar-refractivity contribution in [3.05, 3.63) is 20.8 Å². The average molecular weight is 277 g/mol. The molecule has 0 aliphatic heterocycles. The summed E-state index contributed by atoms with van der Waals surface area (Å²) < 4.78 is 24.6. The lowest BCUT2D eigenvalue weighted by atomic mass is 10.1. The predicted octanol–water partition coefficient (Wildman–Crippen LogP) is -1.80. The Labute approximate surface area is 103 Å². The summed E-state index contributed by atoms with van der Waals surface area (Å²) in [5, 5.41) is 8.22. The molecular weight excluding hydrogens is 262 g/mol. The second kappa shape index (κ2) is 4.90. The molecule has 0 radical (unpaired) electrons. The van der Waals surface area contributed by atoms with Crippen molar-refractivity contribution in [3.8, 4) is 0 Å². The number of nitrogens with zero attached hydrogens (tertiary/aromatic N) is 1. The number of anilines is 1. The van der Waals surface area contributed by atoms with Gasteiger partial charge in [-0.05, 0) is 13.8 Å². The van der Waals surface area contributed by atoms with Crippen LogP contribution in [0, 0.1) is 0 Å². The van der Waals surface area contributed by atoms with Gasteiger partial charge in [-0.2, -0.15) is 0 Å². The molecule has 0 amide bonds. The van der Waals surface area contributed by atoms with Gasteiger partial charge in [-0.25, -0.2) is 23.0 Å². The third-order valence-electron chi connectivity index (χ3n) is 1.87. The summed E-state index contributed by atoms with van der Waals surface area (Å²) in [7, 11) is -3.36. The Balaban J connectivity index is 2.76. The zero-order valence-electron chi connectivity index (χ0n) is 10.2. The van der Waals surface area contributed by atoms with Gasteiger partial charge in [-0.3, -0.25) is 9.78 Å². The maximum atomic E-state index is 11.3. The van der Waals surface area contributed by atoms with Crippen LogP contribution >= 0.6 is 0 Å². The van der Waals surface area contributed by atoms with E-state index in [1.54, 1.807) is 13.8 Å². The third kappa shape index (κ3) is 4.67. The molecule has 9 nitrogen and oxygen atoms in total. The molecule has 10 heteroatoms. The molecule has 0 atom stereocenters. The topological polar surface area (TPSA) is 137 Å². The number of sulfonamides is 1. The summed E-state index contributed by atoms with van der Waals surface area (Å²) in [5.41, 5.74) is -2.19. The number of aromatic nitrogens is 3. The van der Waals surface area contributed by atoms with E-state index in [1.807, 2.05) is 4.98 Å². The minimum Gasteiger partial charge on any atom is -0.362 e. The molecule has 0 saturated heterocycles. The molecule has 18 heavy (non-hydrogen) atoms. The van der Waals surface area contributed by atoms with Gasteiger partial charge in [0.1, 0.15) is 0 Å². The summed E-state index contributed by atoms with van der Waals surface area (Å²) in [6.45, 7) is 3.41. The molecule has 0 fully saturated rings. The highest BCUT2D eigenvalue weighted by Gasteiger charge is 2.22. The van der Waals surface area contributed by atoms with Crippen molar-refractivity contribution in [2.75, 3.05) is 18.1 Å². The van der Waals surface area contributed by atoms with Crippen molar-refractivity contribution in [3.63, 3.8) is 0 Å². The second-order valence-corrected chi connectivity index (χ2v) is 6.22. The van der Waals surface area contributed by atoms with Gasteiger partial charge in [0, 0.05) is 12.1 Å². The van der Waals surface area contributed by atoms with Crippen LogP contribution in [0.2, 0.25) is 0 Å². The average Bonchev–Trinajstić information content (AvgIpc) is 2.12. The highest BCUT2D eigenvalue weighted by Crippen LogP contribution is 2.04. The van der Waals surface area contributed by atoms with Crippen LogP contribution in [0.15, 0.2) is 9.59 Å². The van der Waals surface area contributed by atoms with Crippen LogP contribution in [0.5, 0.6) is 0 Å². The quantitative estimate of drug-likeness (QED) is 0.501. The number of rotatable bonds is 5. The van der Waals surface area contributed by atoms with Crippen LogP contribution in [-0.4, -0.2) is 41.9 Å². The van der Waals surface area contributed by atoms with Crippen molar-refractivity contribution in [1.82, 2.24) is 19.9 Å². The van der Waals surface area contributed by atoms with E-state index < -0.39 is 26.8 Å². The summed E-state index contributed by atoms with van der Waals surface area (Å²) in [5.74, 6) is -0.0852. The first-order valence-corrected chi connectivity index (χ1v) is 6.90. The maximum Gasteiger partial charge on any atom is 0.342 e. The second-order valence-electron chi connectivity index (χ2n) is 4.47. The fourth-order valence-electron chi connectivity index (χ4n) is 1.31. The Morgan fingerprint density at radius 2 is 1.94 bits per heavy atom. The minimum absolute atomic E-state index is 0.0852. The fourth-order valence-corrected chi connectivity index (χ4v) is 2.39. The zero-order chi connectivity index (χ0) is 14.0. The molecule has 102 valence electrons. The van der Waals surface area contributed by atoms with Crippen molar-refractivity contribution >= 4 is 15.8 Å². The Hall–Kier alpha value is -1.68. The Morgan fingerprint density at radius 3 is 2.44 bits per heavy atom. The van der Waals surface area contributed by atoms with Gasteiger partial charge in [0.05, 0.1) is 6.26 Å². The SMILES string of the molecule is CC(C)(CNc1n[nH]c(=O)[nH]c1=O)NS(C)(=O)=O. The smallest absolute Gasteiger partial charge is 0.342 e. The first kappa shape index (κ1) is 14.4. The standard InChI is InChI=1S/C8H15N5O4S/c1-8(2,13-18(3,16)17)4-9-5-6(14)10-7(15)12-11-5/h13H,4H2,1-3H3,(H,9,11)(H2,10,12,14,15).